The largest absolute Gasteiger partial charge is 0.478 e. The molecular weight excluding hydrogens is 490 g/mol. The van der Waals surface area contributed by atoms with E-state index < -0.39 is 21.9 Å². The number of carboxylic acid groups (broad SMARTS) is 1. The number of hydrogen-bond donors (Lipinski definition) is 4. The molecule has 0 aliphatic carbocycles. The standard InChI is InChI=1S/C28H21N3O5S/c32-27-25(26(18-7-3-1-4-8-18)29-20-13-11-19(12-14-20)28(33)34)23-17-22(15-16-24(23)30-27)37(35,36)31-21-9-5-2-6-10-21/h1-17,29,31H,(H,30,32)(H,33,34). The summed E-state index contributed by atoms with van der Waals surface area (Å²) >= 11 is 0. The van der Waals surface area contributed by atoms with E-state index in [1.165, 1.54) is 24.3 Å². The quantitative estimate of drug-likeness (QED) is 0.255. The first kappa shape index (κ1) is 23.8. The first-order valence-electron chi connectivity index (χ1n) is 11.3. The molecule has 4 N–H and O–H groups in total. The average molecular weight is 512 g/mol. The van der Waals surface area contributed by atoms with Crippen molar-refractivity contribution in [1.29, 1.82) is 0 Å². The molecule has 0 bridgehead atoms. The molecule has 184 valence electrons. The van der Waals surface area contributed by atoms with Crippen molar-refractivity contribution in [3.8, 4) is 0 Å². The summed E-state index contributed by atoms with van der Waals surface area (Å²) in [6.45, 7) is 0. The zero-order valence-electron chi connectivity index (χ0n) is 19.3. The Bertz CT molecular complexity index is 1630. The van der Waals surface area contributed by atoms with Crippen molar-refractivity contribution < 1.29 is 23.1 Å². The number of benzene rings is 4. The highest BCUT2D eigenvalue weighted by atomic mass is 32.2. The third-order valence-electron chi connectivity index (χ3n) is 5.79. The lowest BCUT2D eigenvalue weighted by atomic mass is 10.00. The van der Waals surface area contributed by atoms with Gasteiger partial charge in [-0.25, -0.2) is 13.2 Å². The molecule has 1 heterocycles. The minimum absolute atomic E-state index is 0.00215. The number of aromatic carboxylic acids is 1. The van der Waals surface area contributed by atoms with E-state index in [1.807, 2.05) is 30.3 Å². The molecule has 8 nitrogen and oxygen atoms in total. The van der Waals surface area contributed by atoms with Gasteiger partial charge in [0.05, 0.1) is 21.7 Å². The topological polar surface area (TPSA) is 125 Å². The van der Waals surface area contributed by atoms with Crippen LogP contribution in [0.25, 0.3) is 11.3 Å². The molecule has 1 aliphatic heterocycles. The van der Waals surface area contributed by atoms with Crippen LogP contribution in [0.4, 0.5) is 17.1 Å². The Balaban J connectivity index is 1.61. The number of hydrogen-bond acceptors (Lipinski definition) is 5. The molecule has 37 heavy (non-hydrogen) atoms. The van der Waals surface area contributed by atoms with E-state index in [4.69, 9.17) is 0 Å². The lowest BCUT2D eigenvalue weighted by Gasteiger charge is -2.15. The van der Waals surface area contributed by atoms with E-state index in [1.54, 1.807) is 48.5 Å². The van der Waals surface area contributed by atoms with E-state index in [0.29, 0.717) is 33.9 Å². The third-order valence-corrected chi connectivity index (χ3v) is 7.16. The summed E-state index contributed by atoms with van der Waals surface area (Å²) in [5, 5.41) is 15.2. The Morgan fingerprint density at radius 3 is 2.05 bits per heavy atom. The maximum absolute atomic E-state index is 13.2. The van der Waals surface area contributed by atoms with Gasteiger partial charge in [0.15, 0.2) is 0 Å². The highest BCUT2D eigenvalue weighted by molar-refractivity contribution is 7.92. The van der Waals surface area contributed by atoms with Crippen LogP contribution in [-0.4, -0.2) is 25.4 Å². The van der Waals surface area contributed by atoms with Crippen molar-refractivity contribution in [2.75, 3.05) is 15.4 Å². The molecule has 4 aromatic carbocycles. The van der Waals surface area contributed by atoms with Gasteiger partial charge in [0.1, 0.15) is 0 Å². The van der Waals surface area contributed by atoms with E-state index in [9.17, 15) is 23.1 Å². The summed E-state index contributed by atoms with van der Waals surface area (Å²) in [6, 6.07) is 28.3. The van der Waals surface area contributed by atoms with Crippen molar-refractivity contribution in [2.24, 2.45) is 0 Å². The minimum atomic E-state index is -3.93. The van der Waals surface area contributed by atoms with Crippen LogP contribution in [-0.2, 0) is 14.8 Å². The predicted molar refractivity (Wildman–Crippen MR) is 143 cm³/mol. The molecule has 0 aromatic heterocycles. The maximum atomic E-state index is 13.2. The number of fused-ring (bicyclic) bond motifs is 1. The fourth-order valence-corrected chi connectivity index (χ4v) is 5.09. The fraction of sp³-hybridized carbons (Fsp3) is 0. The normalized spacial score (nSPS) is 13.9. The summed E-state index contributed by atoms with van der Waals surface area (Å²) in [4.78, 5) is 24.4. The van der Waals surface area contributed by atoms with Crippen molar-refractivity contribution in [3.05, 3.63) is 120 Å². The van der Waals surface area contributed by atoms with Crippen LogP contribution in [0.5, 0.6) is 0 Å². The maximum Gasteiger partial charge on any atom is 0.335 e. The van der Waals surface area contributed by atoms with E-state index in [-0.39, 0.29) is 16.0 Å². The van der Waals surface area contributed by atoms with Crippen molar-refractivity contribution in [1.82, 2.24) is 0 Å². The second-order valence-corrected chi connectivity index (χ2v) is 9.94. The number of carbonyl (C=O) groups excluding carboxylic acids is 1. The van der Waals surface area contributed by atoms with Crippen LogP contribution in [0.1, 0.15) is 21.5 Å². The third kappa shape index (κ3) is 4.93. The van der Waals surface area contributed by atoms with Crippen LogP contribution < -0.4 is 15.4 Å². The highest BCUT2D eigenvalue weighted by Crippen LogP contribution is 2.39. The van der Waals surface area contributed by atoms with Gasteiger partial charge in [0.2, 0.25) is 0 Å². The monoisotopic (exact) mass is 511 g/mol. The zero-order valence-corrected chi connectivity index (χ0v) is 20.1. The van der Waals surface area contributed by atoms with Gasteiger partial charge in [-0.05, 0) is 60.2 Å². The summed E-state index contributed by atoms with van der Waals surface area (Å²) in [7, 11) is -3.93. The molecular formula is C28H21N3O5S. The second kappa shape index (κ2) is 9.63. The molecule has 0 radical (unpaired) electrons. The van der Waals surface area contributed by atoms with E-state index >= 15 is 0 Å². The van der Waals surface area contributed by atoms with Gasteiger partial charge >= 0.3 is 5.97 Å². The number of nitrogens with one attached hydrogen (secondary N) is 3. The lowest BCUT2D eigenvalue weighted by molar-refractivity contribution is -0.110. The minimum Gasteiger partial charge on any atom is -0.478 e. The molecule has 9 heteroatoms. The molecule has 0 fully saturated rings. The summed E-state index contributed by atoms with van der Waals surface area (Å²) in [5.41, 5.74) is 3.43. The lowest BCUT2D eigenvalue weighted by Crippen LogP contribution is -2.13. The molecule has 0 saturated heterocycles. The van der Waals surface area contributed by atoms with Gasteiger partial charge in [0.25, 0.3) is 15.9 Å². The summed E-state index contributed by atoms with van der Waals surface area (Å²) in [6.07, 6.45) is 0. The summed E-state index contributed by atoms with van der Waals surface area (Å²) < 4.78 is 28.8. The highest BCUT2D eigenvalue weighted by Gasteiger charge is 2.30. The van der Waals surface area contributed by atoms with E-state index in [0.717, 1.165) is 0 Å². The van der Waals surface area contributed by atoms with Crippen molar-refractivity contribution >= 4 is 50.2 Å². The Morgan fingerprint density at radius 1 is 0.757 bits per heavy atom. The number of carboxylic acids is 1. The number of carbonyl (C=O) groups is 2. The van der Waals surface area contributed by atoms with Gasteiger partial charge < -0.3 is 15.7 Å². The van der Waals surface area contributed by atoms with Gasteiger partial charge in [-0.3, -0.25) is 9.52 Å². The first-order chi connectivity index (χ1) is 17.8. The SMILES string of the molecule is O=C1Nc2ccc(S(=O)(=O)Nc3ccccc3)cc2C1=C(Nc1ccc(C(=O)O)cc1)c1ccccc1. The molecule has 4 aromatic rings. The van der Waals surface area contributed by atoms with Gasteiger partial charge in [-0.15, -0.1) is 0 Å². The fourth-order valence-electron chi connectivity index (χ4n) is 4.01. The van der Waals surface area contributed by atoms with Gasteiger partial charge in [-0.2, -0.15) is 0 Å². The molecule has 0 unspecified atom stereocenters. The number of anilines is 3. The summed E-state index contributed by atoms with van der Waals surface area (Å²) in [5.74, 6) is -1.44. The Labute approximate surface area is 213 Å². The Morgan fingerprint density at radius 2 is 1.41 bits per heavy atom. The predicted octanol–water partition coefficient (Wildman–Crippen LogP) is 5.12. The van der Waals surface area contributed by atoms with Crippen LogP contribution in [0.2, 0.25) is 0 Å². The average Bonchev–Trinajstić information content (AvgIpc) is 3.23. The second-order valence-electron chi connectivity index (χ2n) is 8.26. The van der Waals surface area contributed by atoms with Crippen LogP contribution >= 0.6 is 0 Å². The van der Waals surface area contributed by atoms with Crippen LogP contribution in [0, 0.1) is 0 Å². The molecule has 0 spiro atoms. The Kier molecular flexibility index (Phi) is 6.21. The number of sulfonamides is 1. The van der Waals surface area contributed by atoms with Crippen molar-refractivity contribution in [3.63, 3.8) is 0 Å². The zero-order chi connectivity index (χ0) is 26.0. The van der Waals surface area contributed by atoms with Crippen molar-refractivity contribution in [2.45, 2.75) is 4.90 Å². The van der Waals surface area contributed by atoms with Gasteiger partial charge in [0, 0.05) is 22.6 Å². The van der Waals surface area contributed by atoms with Gasteiger partial charge in [-0.1, -0.05) is 48.5 Å². The molecule has 1 amide bonds. The Hall–Kier alpha value is -4.89. The van der Waals surface area contributed by atoms with Crippen LogP contribution in [0.3, 0.4) is 0 Å². The molecule has 0 atom stereocenters. The molecule has 1 aliphatic rings. The van der Waals surface area contributed by atoms with Crippen LogP contribution in [0.15, 0.2) is 108 Å². The number of rotatable bonds is 7. The number of amides is 1. The molecule has 0 saturated carbocycles. The smallest absolute Gasteiger partial charge is 0.335 e. The van der Waals surface area contributed by atoms with E-state index in [2.05, 4.69) is 15.4 Å². The first-order valence-corrected chi connectivity index (χ1v) is 12.7. The number of para-hydroxylation sites is 1. The molecule has 5 rings (SSSR count).